The van der Waals surface area contributed by atoms with Crippen molar-refractivity contribution in [3.8, 4) is 11.5 Å². The molecule has 106 valence electrons. The van der Waals surface area contributed by atoms with Gasteiger partial charge in [0, 0.05) is 22.8 Å². The van der Waals surface area contributed by atoms with E-state index < -0.39 is 0 Å². The Balaban J connectivity index is 1.79. The molecule has 0 amide bonds. The van der Waals surface area contributed by atoms with Crippen molar-refractivity contribution in [2.24, 2.45) is 0 Å². The Bertz CT molecular complexity index is 560. The zero-order valence-electron chi connectivity index (χ0n) is 11.0. The minimum absolute atomic E-state index is 0.576. The lowest BCUT2D eigenvalue weighted by Crippen LogP contribution is -2.11. The molecule has 20 heavy (non-hydrogen) atoms. The fourth-order valence-electron chi connectivity index (χ4n) is 1.66. The monoisotopic (exact) mass is 355 g/mol. The van der Waals surface area contributed by atoms with E-state index in [0.717, 1.165) is 15.9 Å². The van der Waals surface area contributed by atoms with E-state index in [9.17, 15) is 0 Å². The molecule has 0 saturated heterocycles. The van der Waals surface area contributed by atoms with Gasteiger partial charge < -0.3 is 14.8 Å². The maximum absolute atomic E-state index is 5.97. The normalized spacial score (nSPS) is 10.2. The Labute approximate surface area is 132 Å². The van der Waals surface area contributed by atoms with E-state index in [0.29, 0.717) is 23.9 Å². The van der Waals surface area contributed by atoms with Crippen LogP contribution < -0.4 is 14.8 Å². The highest BCUT2D eigenvalue weighted by Crippen LogP contribution is 2.27. The third kappa shape index (κ3) is 4.32. The molecule has 0 spiro atoms. The molecule has 0 aliphatic carbocycles. The van der Waals surface area contributed by atoms with Gasteiger partial charge in [0.05, 0.1) is 12.1 Å². The topological polar surface area (TPSA) is 30.5 Å². The third-order valence-corrected chi connectivity index (χ3v) is 3.51. The average Bonchev–Trinajstić information content (AvgIpc) is 2.47. The molecule has 1 N–H and O–H groups in total. The largest absolute Gasteiger partial charge is 0.495 e. The highest BCUT2D eigenvalue weighted by Gasteiger charge is 2.01. The number of ether oxygens (including phenoxy) is 2. The Morgan fingerprint density at radius 2 is 1.90 bits per heavy atom. The van der Waals surface area contributed by atoms with Crippen LogP contribution in [0.15, 0.2) is 46.9 Å². The highest BCUT2D eigenvalue weighted by molar-refractivity contribution is 9.10. The number of rotatable bonds is 6. The summed E-state index contributed by atoms with van der Waals surface area (Å²) in [7, 11) is 1.60. The van der Waals surface area contributed by atoms with Crippen LogP contribution in [0.25, 0.3) is 0 Å². The molecular weight excluding hydrogens is 342 g/mol. The average molecular weight is 357 g/mol. The summed E-state index contributed by atoms with van der Waals surface area (Å²) in [6.45, 7) is 1.27. The van der Waals surface area contributed by atoms with Gasteiger partial charge in [-0.1, -0.05) is 27.5 Å². The van der Waals surface area contributed by atoms with Crippen molar-refractivity contribution >= 4 is 33.2 Å². The molecule has 2 rings (SSSR count). The molecule has 0 heterocycles. The van der Waals surface area contributed by atoms with E-state index in [1.165, 1.54) is 0 Å². The molecule has 0 aliphatic heterocycles. The molecule has 0 unspecified atom stereocenters. The Kier molecular flexibility index (Phi) is 5.56. The molecule has 2 aromatic carbocycles. The number of nitrogens with one attached hydrogen (secondary N) is 1. The van der Waals surface area contributed by atoms with Gasteiger partial charge >= 0.3 is 0 Å². The summed E-state index contributed by atoms with van der Waals surface area (Å²) in [5, 5.41) is 3.86. The predicted octanol–water partition coefficient (Wildman–Crippen LogP) is 4.60. The summed E-state index contributed by atoms with van der Waals surface area (Å²) >= 11 is 9.36. The van der Waals surface area contributed by atoms with E-state index in [1.807, 2.05) is 36.4 Å². The molecule has 0 saturated carbocycles. The van der Waals surface area contributed by atoms with E-state index in [4.69, 9.17) is 21.1 Å². The lowest BCUT2D eigenvalue weighted by molar-refractivity contribution is 0.333. The summed E-state index contributed by atoms with van der Waals surface area (Å²) in [5.74, 6) is 1.51. The number of anilines is 1. The van der Waals surface area contributed by atoms with Crippen LogP contribution in [-0.2, 0) is 0 Å². The van der Waals surface area contributed by atoms with Crippen molar-refractivity contribution in [1.82, 2.24) is 0 Å². The van der Waals surface area contributed by atoms with E-state index in [2.05, 4.69) is 21.2 Å². The Morgan fingerprint density at radius 1 is 1.15 bits per heavy atom. The van der Waals surface area contributed by atoms with Gasteiger partial charge in [-0.05, 0) is 36.4 Å². The molecule has 0 radical (unpaired) electrons. The van der Waals surface area contributed by atoms with Crippen LogP contribution in [0.2, 0.25) is 5.02 Å². The molecule has 3 nitrogen and oxygen atoms in total. The van der Waals surface area contributed by atoms with Crippen LogP contribution >= 0.6 is 27.5 Å². The van der Waals surface area contributed by atoms with E-state index in [-0.39, 0.29) is 0 Å². The molecule has 0 aromatic heterocycles. The van der Waals surface area contributed by atoms with Crippen LogP contribution in [0.3, 0.4) is 0 Å². The Morgan fingerprint density at radius 3 is 2.60 bits per heavy atom. The van der Waals surface area contributed by atoms with Gasteiger partial charge in [0.1, 0.15) is 18.1 Å². The van der Waals surface area contributed by atoms with Gasteiger partial charge in [-0.25, -0.2) is 0 Å². The van der Waals surface area contributed by atoms with E-state index >= 15 is 0 Å². The van der Waals surface area contributed by atoms with Crippen molar-refractivity contribution in [2.75, 3.05) is 25.6 Å². The number of benzene rings is 2. The lowest BCUT2D eigenvalue weighted by Gasteiger charge is -2.10. The van der Waals surface area contributed by atoms with Crippen LogP contribution in [0.1, 0.15) is 0 Å². The van der Waals surface area contributed by atoms with Gasteiger partial charge in [-0.3, -0.25) is 0 Å². The molecule has 0 aliphatic rings. The third-order valence-electron chi connectivity index (χ3n) is 2.66. The van der Waals surface area contributed by atoms with Gasteiger partial charge in [-0.2, -0.15) is 0 Å². The minimum atomic E-state index is 0.576. The number of methoxy groups -OCH3 is 1. The van der Waals surface area contributed by atoms with Crippen LogP contribution in [0.4, 0.5) is 5.69 Å². The fourth-order valence-corrected chi connectivity index (χ4v) is 2.12. The second-order valence-corrected chi connectivity index (χ2v) is 5.40. The molecule has 0 atom stereocenters. The lowest BCUT2D eigenvalue weighted by atomic mass is 10.3. The number of halogens is 2. The standard InChI is InChI=1S/C15H15BrClNO2/c1-19-15-10-12(4-7-14(15)17)18-8-9-20-13-5-2-11(16)3-6-13/h2-7,10,18H,8-9H2,1H3. The first-order valence-corrected chi connectivity index (χ1v) is 7.32. The van der Waals surface area contributed by atoms with Gasteiger partial charge in [0.25, 0.3) is 0 Å². The maximum atomic E-state index is 5.97. The predicted molar refractivity (Wildman–Crippen MR) is 86.1 cm³/mol. The van der Waals surface area contributed by atoms with Crippen molar-refractivity contribution in [3.63, 3.8) is 0 Å². The summed E-state index contributed by atoms with van der Waals surface area (Å²) in [5.41, 5.74) is 0.950. The molecule has 0 fully saturated rings. The second-order valence-electron chi connectivity index (χ2n) is 4.08. The maximum Gasteiger partial charge on any atom is 0.139 e. The molecule has 2 aromatic rings. The highest BCUT2D eigenvalue weighted by atomic mass is 79.9. The van der Waals surface area contributed by atoms with Crippen LogP contribution in [0, 0.1) is 0 Å². The first-order chi connectivity index (χ1) is 9.69. The second kappa shape index (κ2) is 7.41. The Hall–Kier alpha value is -1.39. The van der Waals surface area contributed by atoms with Crippen molar-refractivity contribution in [1.29, 1.82) is 0 Å². The fraction of sp³-hybridized carbons (Fsp3) is 0.200. The number of hydrogen-bond acceptors (Lipinski definition) is 3. The van der Waals surface area contributed by atoms with Crippen LogP contribution in [0.5, 0.6) is 11.5 Å². The molecule has 0 bridgehead atoms. The van der Waals surface area contributed by atoms with Crippen LogP contribution in [-0.4, -0.2) is 20.3 Å². The zero-order valence-corrected chi connectivity index (χ0v) is 13.4. The smallest absolute Gasteiger partial charge is 0.139 e. The van der Waals surface area contributed by atoms with Crippen molar-refractivity contribution < 1.29 is 9.47 Å². The summed E-state index contributed by atoms with van der Waals surface area (Å²) in [6, 6.07) is 13.3. The SMILES string of the molecule is COc1cc(NCCOc2ccc(Br)cc2)ccc1Cl. The zero-order chi connectivity index (χ0) is 14.4. The quantitative estimate of drug-likeness (QED) is 0.767. The molecular formula is C15H15BrClNO2. The first-order valence-electron chi connectivity index (χ1n) is 6.15. The van der Waals surface area contributed by atoms with Gasteiger partial charge in [0.2, 0.25) is 0 Å². The minimum Gasteiger partial charge on any atom is -0.495 e. The summed E-state index contributed by atoms with van der Waals surface area (Å²) < 4.78 is 11.8. The summed E-state index contributed by atoms with van der Waals surface area (Å²) in [6.07, 6.45) is 0. The number of hydrogen-bond donors (Lipinski definition) is 1. The van der Waals surface area contributed by atoms with Crippen molar-refractivity contribution in [2.45, 2.75) is 0 Å². The van der Waals surface area contributed by atoms with E-state index in [1.54, 1.807) is 13.2 Å². The van der Waals surface area contributed by atoms with Gasteiger partial charge in [0.15, 0.2) is 0 Å². The van der Waals surface area contributed by atoms with Gasteiger partial charge in [-0.15, -0.1) is 0 Å². The summed E-state index contributed by atoms with van der Waals surface area (Å²) in [4.78, 5) is 0. The van der Waals surface area contributed by atoms with Crippen molar-refractivity contribution in [3.05, 3.63) is 52.0 Å². The first kappa shape index (κ1) is 15.0. The molecule has 5 heteroatoms.